The van der Waals surface area contributed by atoms with Crippen LogP contribution in [0.4, 0.5) is 0 Å². The standard InChI is InChI=1S/C22H26ClNO4/c1-27-21-11-15(7-9-19(21)25)13-24-22(26)14-28-20-10-8-17(23)12-18(20)16-5-3-2-4-6-16/h7-12,16,25H,2-6,13-14H2,1H3,(H,24,26). The number of aromatic hydroxyl groups is 1. The Hall–Kier alpha value is -2.40. The van der Waals surface area contributed by atoms with Gasteiger partial charge in [0.2, 0.25) is 0 Å². The van der Waals surface area contributed by atoms with Crippen molar-refractivity contribution in [3.63, 3.8) is 0 Å². The van der Waals surface area contributed by atoms with E-state index in [1.165, 1.54) is 26.4 Å². The lowest BCUT2D eigenvalue weighted by atomic mass is 9.84. The normalized spacial score (nSPS) is 14.5. The zero-order chi connectivity index (χ0) is 19.9. The van der Waals surface area contributed by atoms with Crippen molar-refractivity contribution in [3.8, 4) is 17.2 Å². The van der Waals surface area contributed by atoms with Crippen LogP contribution < -0.4 is 14.8 Å². The Morgan fingerprint density at radius 2 is 1.93 bits per heavy atom. The molecule has 1 saturated carbocycles. The molecular formula is C22H26ClNO4. The summed E-state index contributed by atoms with van der Waals surface area (Å²) in [6.45, 7) is 0.269. The molecule has 1 aliphatic rings. The molecule has 1 fully saturated rings. The fourth-order valence-electron chi connectivity index (χ4n) is 3.61. The summed E-state index contributed by atoms with van der Waals surface area (Å²) in [5, 5.41) is 13.2. The molecule has 0 aromatic heterocycles. The van der Waals surface area contributed by atoms with Crippen LogP contribution >= 0.6 is 11.6 Å². The number of rotatable bonds is 7. The summed E-state index contributed by atoms with van der Waals surface area (Å²) < 4.78 is 10.9. The SMILES string of the molecule is COc1cc(CNC(=O)COc2ccc(Cl)cc2C2CCCCC2)ccc1O. The summed E-state index contributed by atoms with van der Waals surface area (Å²) in [5.41, 5.74) is 1.93. The van der Waals surface area contributed by atoms with Crippen molar-refractivity contribution >= 4 is 17.5 Å². The lowest BCUT2D eigenvalue weighted by molar-refractivity contribution is -0.123. The van der Waals surface area contributed by atoms with Crippen LogP contribution in [0.3, 0.4) is 0 Å². The predicted molar refractivity (Wildman–Crippen MR) is 109 cm³/mol. The first-order chi connectivity index (χ1) is 13.6. The predicted octanol–water partition coefficient (Wildman–Crippen LogP) is 4.80. The van der Waals surface area contributed by atoms with Crippen molar-refractivity contribution in [2.45, 2.75) is 44.6 Å². The Labute approximate surface area is 170 Å². The number of nitrogens with one attached hydrogen (secondary N) is 1. The first kappa shape index (κ1) is 20.3. The van der Waals surface area contributed by atoms with Crippen LogP contribution in [0.2, 0.25) is 5.02 Å². The summed E-state index contributed by atoms with van der Waals surface area (Å²) in [6, 6.07) is 10.6. The lowest BCUT2D eigenvalue weighted by Gasteiger charge is -2.24. The van der Waals surface area contributed by atoms with Gasteiger partial charge in [-0.05, 0) is 60.2 Å². The Bertz CT molecular complexity index is 818. The van der Waals surface area contributed by atoms with Crippen LogP contribution in [0.5, 0.6) is 17.2 Å². The minimum atomic E-state index is -0.211. The zero-order valence-electron chi connectivity index (χ0n) is 16.0. The molecule has 0 spiro atoms. The number of hydrogen-bond acceptors (Lipinski definition) is 4. The van der Waals surface area contributed by atoms with Gasteiger partial charge in [-0.25, -0.2) is 0 Å². The Morgan fingerprint density at radius 1 is 1.14 bits per heavy atom. The van der Waals surface area contributed by atoms with Gasteiger partial charge in [-0.1, -0.05) is 36.9 Å². The van der Waals surface area contributed by atoms with Gasteiger partial charge >= 0.3 is 0 Å². The van der Waals surface area contributed by atoms with Gasteiger partial charge in [0.05, 0.1) is 7.11 Å². The fraction of sp³-hybridized carbons (Fsp3) is 0.409. The average Bonchev–Trinajstić information content (AvgIpc) is 2.72. The smallest absolute Gasteiger partial charge is 0.258 e. The number of carbonyl (C=O) groups excluding carboxylic acids is 1. The summed E-state index contributed by atoms with van der Waals surface area (Å²) in [7, 11) is 1.49. The van der Waals surface area contributed by atoms with Gasteiger partial charge in [0.25, 0.3) is 5.91 Å². The molecule has 1 amide bonds. The number of hydrogen-bond donors (Lipinski definition) is 2. The molecule has 2 aromatic carbocycles. The Balaban J connectivity index is 1.57. The molecule has 0 heterocycles. The molecule has 5 nitrogen and oxygen atoms in total. The molecule has 1 aliphatic carbocycles. The molecule has 2 aromatic rings. The van der Waals surface area contributed by atoms with Gasteiger partial charge in [0, 0.05) is 11.6 Å². The van der Waals surface area contributed by atoms with Gasteiger partial charge < -0.3 is 19.9 Å². The van der Waals surface area contributed by atoms with Crippen LogP contribution in [0, 0.1) is 0 Å². The van der Waals surface area contributed by atoms with Gasteiger partial charge in [-0.15, -0.1) is 0 Å². The molecule has 28 heavy (non-hydrogen) atoms. The highest BCUT2D eigenvalue weighted by atomic mass is 35.5. The van der Waals surface area contributed by atoms with Crippen LogP contribution in [0.25, 0.3) is 0 Å². The lowest BCUT2D eigenvalue weighted by Crippen LogP contribution is -2.28. The van der Waals surface area contributed by atoms with Crippen molar-refractivity contribution in [1.82, 2.24) is 5.32 Å². The quantitative estimate of drug-likeness (QED) is 0.697. The van der Waals surface area contributed by atoms with Gasteiger partial charge in [-0.2, -0.15) is 0 Å². The van der Waals surface area contributed by atoms with Crippen LogP contribution in [0.1, 0.15) is 49.1 Å². The number of phenols is 1. The summed E-state index contributed by atoms with van der Waals surface area (Å²) in [5.74, 6) is 1.41. The molecule has 0 radical (unpaired) electrons. The molecule has 150 valence electrons. The van der Waals surface area contributed by atoms with Crippen LogP contribution in [-0.4, -0.2) is 24.7 Å². The minimum Gasteiger partial charge on any atom is -0.504 e. The monoisotopic (exact) mass is 403 g/mol. The highest BCUT2D eigenvalue weighted by Gasteiger charge is 2.20. The number of phenolic OH excluding ortho intramolecular Hbond substituents is 1. The maximum Gasteiger partial charge on any atom is 0.258 e. The highest BCUT2D eigenvalue weighted by molar-refractivity contribution is 6.30. The Kier molecular flexibility index (Phi) is 7.04. The molecule has 6 heteroatoms. The molecule has 2 N–H and O–H groups in total. The third-order valence-corrected chi connectivity index (χ3v) is 5.34. The van der Waals surface area contributed by atoms with E-state index in [2.05, 4.69) is 5.32 Å². The molecular weight excluding hydrogens is 378 g/mol. The van der Waals surface area contributed by atoms with Gasteiger partial charge in [0.1, 0.15) is 5.75 Å². The minimum absolute atomic E-state index is 0.0590. The number of benzene rings is 2. The highest BCUT2D eigenvalue weighted by Crippen LogP contribution is 2.38. The van der Waals surface area contributed by atoms with E-state index in [1.54, 1.807) is 24.3 Å². The number of halogens is 1. The second-order valence-corrected chi connectivity index (χ2v) is 7.53. The van der Waals surface area contributed by atoms with Gasteiger partial charge in [0.15, 0.2) is 18.1 Å². The molecule has 0 bridgehead atoms. The van der Waals surface area contributed by atoms with Crippen molar-refractivity contribution in [1.29, 1.82) is 0 Å². The van der Waals surface area contributed by atoms with E-state index in [4.69, 9.17) is 21.1 Å². The molecule has 0 atom stereocenters. The summed E-state index contributed by atoms with van der Waals surface area (Å²) in [6.07, 6.45) is 5.97. The van der Waals surface area contributed by atoms with Crippen molar-refractivity contribution in [3.05, 3.63) is 52.5 Å². The third kappa shape index (κ3) is 5.32. The Morgan fingerprint density at radius 3 is 2.68 bits per heavy atom. The van der Waals surface area contributed by atoms with Crippen molar-refractivity contribution in [2.75, 3.05) is 13.7 Å². The molecule has 3 rings (SSSR count). The summed E-state index contributed by atoms with van der Waals surface area (Å²) >= 11 is 6.19. The van der Waals surface area contributed by atoms with E-state index < -0.39 is 0 Å². The molecule has 0 aliphatic heterocycles. The second-order valence-electron chi connectivity index (χ2n) is 7.09. The van der Waals surface area contributed by atoms with Crippen molar-refractivity contribution < 1.29 is 19.4 Å². The summed E-state index contributed by atoms with van der Waals surface area (Å²) in [4.78, 5) is 12.2. The van der Waals surface area contributed by atoms with Crippen LogP contribution in [0.15, 0.2) is 36.4 Å². The van der Waals surface area contributed by atoms with E-state index in [-0.39, 0.29) is 18.3 Å². The third-order valence-electron chi connectivity index (χ3n) is 5.11. The second kappa shape index (κ2) is 9.69. The maximum absolute atomic E-state index is 12.2. The van der Waals surface area contributed by atoms with E-state index in [9.17, 15) is 9.90 Å². The van der Waals surface area contributed by atoms with E-state index >= 15 is 0 Å². The van der Waals surface area contributed by atoms with Crippen molar-refractivity contribution in [2.24, 2.45) is 0 Å². The zero-order valence-corrected chi connectivity index (χ0v) is 16.8. The largest absolute Gasteiger partial charge is 0.504 e. The fourth-order valence-corrected chi connectivity index (χ4v) is 3.79. The number of carbonyl (C=O) groups is 1. The number of amides is 1. The molecule has 0 saturated heterocycles. The number of methoxy groups -OCH3 is 1. The van der Waals surface area contributed by atoms with E-state index in [0.29, 0.717) is 23.2 Å². The van der Waals surface area contributed by atoms with Crippen LogP contribution in [-0.2, 0) is 11.3 Å². The van der Waals surface area contributed by atoms with E-state index in [1.807, 2.05) is 12.1 Å². The van der Waals surface area contributed by atoms with Gasteiger partial charge in [-0.3, -0.25) is 4.79 Å². The first-order valence-corrected chi connectivity index (χ1v) is 9.99. The maximum atomic E-state index is 12.2. The molecule has 0 unspecified atom stereocenters. The van der Waals surface area contributed by atoms with E-state index in [0.717, 1.165) is 29.7 Å². The topological polar surface area (TPSA) is 67.8 Å². The average molecular weight is 404 g/mol. The number of ether oxygens (including phenoxy) is 2. The first-order valence-electron chi connectivity index (χ1n) is 9.61.